The van der Waals surface area contributed by atoms with Gasteiger partial charge in [-0.1, -0.05) is 37.6 Å². The third kappa shape index (κ3) is 3.74. The number of methoxy groups -OCH3 is 1. The maximum absolute atomic E-state index is 11.9. The lowest BCUT2D eigenvalue weighted by atomic mass is 10.0. The lowest BCUT2D eigenvalue weighted by molar-refractivity contribution is 0.252. The van der Waals surface area contributed by atoms with E-state index in [9.17, 15) is 4.79 Å². The second-order valence-electron chi connectivity index (χ2n) is 5.77. The predicted octanol–water partition coefficient (Wildman–Crippen LogP) is 4.16. The maximum atomic E-state index is 11.9. The predicted molar refractivity (Wildman–Crippen MR) is 100 cm³/mol. The molecule has 0 atom stereocenters. The first kappa shape index (κ1) is 16.8. The number of nitrogens with one attached hydrogen (secondary N) is 3. The van der Waals surface area contributed by atoms with Gasteiger partial charge in [-0.3, -0.25) is 10.4 Å². The van der Waals surface area contributed by atoms with E-state index in [-0.39, 0.29) is 6.03 Å². The van der Waals surface area contributed by atoms with E-state index in [1.807, 2.05) is 42.5 Å². The Kier molecular flexibility index (Phi) is 5.18. The number of hydrogen-bond acceptors (Lipinski definition) is 3. The SMILES string of the molecule is CCCCNC(=O)Nc1n[nH]c2cc(-c3ccccc3OC)ccc12. The summed E-state index contributed by atoms with van der Waals surface area (Å²) in [5, 5.41) is 13.7. The standard InChI is InChI=1S/C19H22N4O2/c1-3-4-11-20-19(24)21-18-15-10-9-13(12-16(15)22-23-18)14-7-5-6-8-17(14)25-2/h5-10,12H,3-4,11H2,1-2H3,(H3,20,21,22,23,24). The number of para-hydroxylation sites is 1. The van der Waals surface area contributed by atoms with Crippen molar-refractivity contribution in [2.45, 2.75) is 19.8 Å². The van der Waals surface area contributed by atoms with E-state index in [2.05, 4.69) is 27.8 Å². The largest absolute Gasteiger partial charge is 0.496 e. The van der Waals surface area contributed by atoms with Gasteiger partial charge in [0.1, 0.15) is 5.75 Å². The number of carbonyl (C=O) groups excluding carboxylic acids is 1. The molecule has 0 saturated carbocycles. The van der Waals surface area contributed by atoms with Gasteiger partial charge >= 0.3 is 6.03 Å². The number of fused-ring (bicyclic) bond motifs is 1. The summed E-state index contributed by atoms with van der Waals surface area (Å²) >= 11 is 0. The molecule has 6 heteroatoms. The van der Waals surface area contributed by atoms with Crippen LogP contribution in [0, 0.1) is 0 Å². The molecule has 0 unspecified atom stereocenters. The van der Waals surface area contributed by atoms with Crippen molar-refractivity contribution < 1.29 is 9.53 Å². The highest BCUT2D eigenvalue weighted by Crippen LogP contribution is 2.32. The van der Waals surface area contributed by atoms with Gasteiger partial charge in [0, 0.05) is 17.5 Å². The van der Waals surface area contributed by atoms with Gasteiger partial charge < -0.3 is 10.1 Å². The number of hydrogen-bond donors (Lipinski definition) is 3. The monoisotopic (exact) mass is 338 g/mol. The molecule has 0 aliphatic carbocycles. The van der Waals surface area contributed by atoms with Gasteiger partial charge in [-0.25, -0.2) is 4.79 Å². The number of benzene rings is 2. The number of unbranched alkanes of at least 4 members (excludes halogenated alkanes) is 1. The number of urea groups is 1. The number of amides is 2. The molecule has 2 amide bonds. The molecule has 1 aromatic heterocycles. The normalized spacial score (nSPS) is 10.6. The third-order valence-electron chi connectivity index (χ3n) is 4.03. The fourth-order valence-electron chi connectivity index (χ4n) is 2.70. The molecule has 3 N–H and O–H groups in total. The Balaban J connectivity index is 1.83. The maximum Gasteiger partial charge on any atom is 0.320 e. The van der Waals surface area contributed by atoms with Crippen LogP contribution < -0.4 is 15.4 Å². The molecule has 3 aromatic rings. The van der Waals surface area contributed by atoms with Crippen molar-refractivity contribution in [1.29, 1.82) is 0 Å². The van der Waals surface area contributed by atoms with Crippen LogP contribution in [0.1, 0.15) is 19.8 Å². The summed E-state index contributed by atoms with van der Waals surface area (Å²) in [6.07, 6.45) is 1.99. The van der Waals surface area contributed by atoms with Crippen LogP contribution in [0.5, 0.6) is 5.75 Å². The van der Waals surface area contributed by atoms with E-state index in [4.69, 9.17) is 4.74 Å². The fourth-order valence-corrected chi connectivity index (χ4v) is 2.70. The third-order valence-corrected chi connectivity index (χ3v) is 4.03. The lowest BCUT2D eigenvalue weighted by Gasteiger charge is -2.08. The molecule has 2 aromatic carbocycles. The highest BCUT2D eigenvalue weighted by molar-refractivity contribution is 6.00. The zero-order valence-electron chi connectivity index (χ0n) is 14.4. The molecule has 0 aliphatic heterocycles. The molecule has 1 heterocycles. The van der Waals surface area contributed by atoms with Crippen molar-refractivity contribution >= 4 is 22.8 Å². The first-order valence-corrected chi connectivity index (χ1v) is 8.39. The Hall–Kier alpha value is -3.02. The first-order valence-electron chi connectivity index (χ1n) is 8.39. The Bertz CT molecular complexity index is 873. The zero-order chi connectivity index (χ0) is 17.6. The number of H-pyrrole nitrogens is 1. The number of aromatic nitrogens is 2. The van der Waals surface area contributed by atoms with E-state index in [1.165, 1.54) is 0 Å². The van der Waals surface area contributed by atoms with Crippen LogP contribution in [0.3, 0.4) is 0 Å². The second kappa shape index (κ2) is 7.70. The number of ether oxygens (including phenoxy) is 1. The minimum atomic E-state index is -0.240. The molecule has 0 radical (unpaired) electrons. The van der Waals surface area contributed by atoms with Crippen molar-refractivity contribution in [3.05, 3.63) is 42.5 Å². The van der Waals surface area contributed by atoms with E-state index in [1.54, 1.807) is 7.11 Å². The molecule has 3 rings (SSSR count). The molecule has 0 spiro atoms. The number of nitrogens with zero attached hydrogens (tertiary/aromatic N) is 1. The molecule has 25 heavy (non-hydrogen) atoms. The Morgan fingerprint density at radius 1 is 1.24 bits per heavy atom. The molecule has 0 aliphatic rings. The van der Waals surface area contributed by atoms with Crippen molar-refractivity contribution in [3.63, 3.8) is 0 Å². The Morgan fingerprint density at radius 2 is 2.08 bits per heavy atom. The van der Waals surface area contributed by atoms with Crippen molar-refractivity contribution in [2.75, 3.05) is 19.0 Å². The summed E-state index contributed by atoms with van der Waals surface area (Å²) in [4.78, 5) is 11.9. The quantitative estimate of drug-likeness (QED) is 0.591. The zero-order valence-corrected chi connectivity index (χ0v) is 14.4. The van der Waals surface area contributed by atoms with Crippen LogP contribution in [0.4, 0.5) is 10.6 Å². The Morgan fingerprint density at radius 3 is 2.88 bits per heavy atom. The average molecular weight is 338 g/mol. The summed E-state index contributed by atoms with van der Waals surface area (Å²) in [5.74, 6) is 1.34. The minimum absolute atomic E-state index is 0.240. The van der Waals surface area contributed by atoms with Crippen LogP contribution in [0.2, 0.25) is 0 Å². The van der Waals surface area contributed by atoms with Gasteiger partial charge in [0.05, 0.1) is 12.6 Å². The molecular weight excluding hydrogens is 316 g/mol. The topological polar surface area (TPSA) is 79.0 Å². The van der Waals surface area contributed by atoms with Gasteiger partial charge in [0.25, 0.3) is 0 Å². The summed E-state index contributed by atoms with van der Waals surface area (Å²) in [5.41, 5.74) is 2.88. The number of carbonyl (C=O) groups is 1. The molecule has 130 valence electrons. The van der Waals surface area contributed by atoms with Crippen LogP contribution >= 0.6 is 0 Å². The highest BCUT2D eigenvalue weighted by atomic mass is 16.5. The molecule has 6 nitrogen and oxygen atoms in total. The van der Waals surface area contributed by atoms with Crippen LogP contribution in [-0.4, -0.2) is 29.9 Å². The summed E-state index contributed by atoms with van der Waals surface area (Å²) < 4.78 is 5.43. The lowest BCUT2D eigenvalue weighted by Crippen LogP contribution is -2.29. The molecular formula is C19H22N4O2. The van der Waals surface area contributed by atoms with Gasteiger partial charge in [0.2, 0.25) is 0 Å². The van der Waals surface area contributed by atoms with Gasteiger partial charge in [-0.05, 0) is 30.2 Å². The van der Waals surface area contributed by atoms with Crippen LogP contribution in [-0.2, 0) is 0 Å². The van der Waals surface area contributed by atoms with Crippen LogP contribution in [0.15, 0.2) is 42.5 Å². The van der Waals surface area contributed by atoms with E-state index in [0.717, 1.165) is 40.6 Å². The van der Waals surface area contributed by atoms with Gasteiger partial charge in [0.15, 0.2) is 5.82 Å². The van der Waals surface area contributed by atoms with Gasteiger partial charge in [-0.15, -0.1) is 0 Å². The number of rotatable bonds is 6. The molecule has 0 bridgehead atoms. The van der Waals surface area contributed by atoms with Crippen molar-refractivity contribution in [3.8, 4) is 16.9 Å². The van der Waals surface area contributed by atoms with E-state index >= 15 is 0 Å². The summed E-state index contributed by atoms with van der Waals surface area (Å²) in [6, 6.07) is 13.6. The minimum Gasteiger partial charge on any atom is -0.496 e. The second-order valence-corrected chi connectivity index (χ2v) is 5.77. The average Bonchev–Trinajstić information content (AvgIpc) is 3.04. The highest BCUT2D eigenvalue weighted by Gasteiger charge is 2.11. The van der Waals surface area contributed by atoms with E-state index in [0.29, 0.717) is 12.4 Å². The number of anilines is 1. The molecule has 0 saturated heterocycles. The summed E-state index contributed by atoms with van der Waals surface area (Å²) in [7, 11) is 1.66. The first-order chi connectivity index (χ1) is 12.2. The smallest absolute Gasteiger partial charge is 0.320 e. The van der Waals surface area contributed by atoms with Crippen molar-refractivity contribution in [1.82, 2.24) is 15.5 Å². The van der Waals surface area contributed by atoms with Crippen molar-refractivity contribution in [2.24, 2.45) is 0 Å². The van der Waals surface area contributed by atoms with Gasteiger partial charge in [-0.2, -0.15) is 5.10 Å². The Labute approximate surface area is 146 Å². The number of aromatic amines is 1. The fraction of sp³-hybridized carbons (Fsp3) is 0.263. The molecule has 0 fully saturated rings. The van der Waals surface area contributed by atoms with E-state index < -0.39 is 0 Å². The summed E-state index contributed by atoms with van der Waals surface area (Å²) in [6.45, 7) is 2.74. The van der Waals surface area contributed by atoms with Crippen LogP contribution in [0.25, 0.3) is 22.0 Å².